The summed E-state index contributed by atoms with van der Waals surface area (Å²) >= 11 is 0. The number of rotatable bonds is 5. The molecule has 0 aromatic heterocycles. The van der Waals surface area contributed by atoms with E-state index in [1.165, 1.54) is 6.92 Å². The summed E-state index contributed by atoms with van der Waals surface area (Å²) in [5.41, 5.74) is -0.640. The van der Waals surface area contributed by atoms with Crippen LogP contribution in [-0.4, -0.2) is 26.0 Å². The van der Waals surface area contributed by atoms with Crippen LogP contribution in [0.1, 0.15) is 28.8 Å². The van der Waals surface area contributed by atoms with Crippen molar-refractivity contribution in [2.75, 3.05) is 6.54 Å². The molecule has 0 atom stereocenters. The molecule has 1 aromatic rings. The molecule has 1 saturated carbocycles. The second kappa shape index (κ2) is 4.90. The number of nitrogens with one attached hydrogen (secondary N) is 1. The SMILES string of the molecule is Cc1cc(S(=O)(=O)NCC2CC2)cc(C(=O)O)c1F. The molecule has 1 aromatic carbocycles. The summed E-state index contributed by atoms with van der Waals surface area (Å²) in [6.07, 6.45) is 1.98. The zero-order valence-electron chi connectivity index (χ0n) is 10.3. The van der Waals surface area contributed by atoms with Crippen molar-refractivity contribution >= 4 is 16.0 Å². The van der Waals surface area contributed by atoms with Gasteiger partial charge in [-0.25, -0.2) is 22.3 Å². The molecule has 7 heteroatoms. The van der Waals surface area contributed by atoms with Gasteiger partial charge < -0.3 is 5.11 Å². The van der Waals surface area contributed by atoms with E-state index in [2.05, 4.69) is 4.72 Å². The minimum atomic E-state index is -3.79. The topological polar surface area (TPSA) is 83.5 Å². The summed E-state index contributed by atoms with van der Waals surface area (Å²) in [5.74, 6) is -2.04. The molecule has 5 nitrogen and oxygen atoms in total. The Morgan fingerprint density at radius 2 is 2.11 bits per heavy atom. The van der Waals surface area contributed by atoms with Crippen LogP contribution in [0, 0.1) is 18.7 Å². The van der Waals surface area contributed by atoms with E-state index >= 15 is 0 Å². The number of sulfonamides is 1. The first-order valence-electron chi connectivity index (χ1n) is 5.84. The number of carboxylic acids is 1. The second-order valence-electron chi connectivity index (χ2n) is 4.70. The van der Waals surface area contributed by atoms with Gasteiger partial charge in [-0.3, -0.25) is 0 Å². The molecule has 0 aliphatic heterocycles. The zero-order valence-corrected chi connectivity index (χ0v) is 11.1. The highest BCUT2D eigenvalue weighted by molar-refractivity contribution is 7.89. The van der Waals surface area contributed by atoms with Crippen LogP contribution < -0.4 is 4.72 Å². The van der Waals surface area contributed by atoms with Crippen molar-refractivity contribution in [2.24, 2.45) is 5.92 Å². The fourth-order valence-electron chi connectivity index (χ4n) is 1.68. The molecule has 2 rings (SSSR count). The fraction of sp³-hybridized carbons (Fsp3) is 0.417. The molecular weight excluding hydrogens is 273 g/mol. The predicted octanol–water partition coefficient (Wildman–Crippen LogP) is 1.52. The first kappa shape index (κ1) is 14.0. The van der Waals surface area contributed by atoms with Crippen LogP contribution >= 0.6 is 0 Å². The van der Waals surface area contributed by atoms with Crippen LogP contribution in [0.15, 0.2) is 17.0 Å². The minimum Gasteiger partial charge on any atom is -0.478 e. The van der Waals surface area contributed by atoms with Crippen LogP contribution in [0.2, 0.25) is 0 Å². The van der Waals surface area contributed by atoms with E-state index in [-0.39, 0.29) is 10.5 Å². The smallest absolute Gasteiger partial charge is 0.338 e. The summed E-state index contributed by atoms with van der Waals surface area (Å²) in [7, 11) is -3.79. The molecule has 0 spiro atoms. The van der Waals surface area contributed by atoms with E-state index in [1.54, 1.807) is 0 Å². The number of carbonyl (C=O) groups is 1. The monoisotopic (exact) mass is 287 g/mol. The molecule has 1 fully saturated rings. The van der Waals surface area contributed by atoms with Gasteiger partial charge in [-0.15, -0.1) is 0 Å². The Kier molecular flexibility index (Phi) is 3.60. The minimum absolute atomic E-state index is 0.00769. The number of halogens is 1. The fourth-order valence-corrected chi connectivity index (χ4v) is 2.91. The van der Waals surface area contributed by atoms with Gasteiger partial charge in [0.2, 0.25) is 10.0 Å². The van der Waals surface area contributed by atoms with Gasteiger partial charge in [-0.1, -0.05) is 0 Å². The summed E-state index contributed by atoms with van der Waals surface area (Å²) < 4.78 is 39.9. The van der Waals surface area contributed by atoms with Gasteiger partial charge in [0.1, 0.15) is 5.82 Å². The quantitative estimate of drug-likeness (QED) is 0.860. The number of hydrogen-bond donors (Lipinski definition) is 2. The first-order valence-corrected chi connectivity index (χ1v) is 7.32. The first-order chi connectivity index (χ1) is 8.81. The molecule has 0 bridgehead atoms. The summed E-state index contributed by atoms with van der Waals surface area (Å²) in [5, 5.41) is 8.85. The molecule has 0 radical (unpaired) electrons. The lowest BCUT2D eigenvalue weighted by Gasteiger charge is -2.09. The van der Waals surface area contributed by atoms with Gasteiger partial charge in [0.15, 0.2) is 0 Å². The van der Waals surface area contributed by atoms with Crippen molar-refractivity contribution < 1.29 is 22.7 Å². The van der Waals surface area contributed by atoms with Gasteiger partial charge >= 0.3 is 5.97 Å². The van der Waals surface area contributed by atoms with Crippen LogP contribution in [0.3, 0.4) is 0 Å². The molecular formula is C12H14FNO4S. The van der Waals surface area contributed by atoms with Crippen molar-refractivity contribution in [1.82, 2.24) is 4.72 Å². The van der Waals surface area contributed by atoms with Gasteiger partial charge in [0, 0.05) is 6.54 Å². The molecule has 0 unspecified atom stereocenters. The molecule has 1 aliphatic rings. The van der Waals surface area contributed by atoms with Crippen molar-refractivity contribution in [3.05, 3.63) is 29.1 Å². The van der Waals surface area contributed by atoms with Gasteiger partial charge in [0.25, 0.3) is 0 Å². The van der Waals surface area contributed by atoms with Gasteiger partial charge in [-0.2, -0.15) is 0 Å². The van der Waals surface area contributed by atoms with Gasteiger partial charge in [0.05, 0.1) is 10.5 Å². The van der Waals surface area contributed by atoms with Crippen LogP contribution in [-0.2, 0) is 10.0 Å². The lowest BCUT2D eigenvalue weighted by molar-refractivity contribution is 0.0691. The number of carboxylic acid groups (broad SMARTS) is 1. The third kappa shape index (κ3) is 3.10. The van der Waals surface area contributed by atoms with Gasteiger partial charge in [-0.05, 0) is 43.4 Å². The van der Waals surface area contributed by atoms with Crippen LogP contribution in [0.4, 0.5) is 4.39 Å². The van der Waals surface area contributed by atoms with Crippen LogP contribution in [0.25, 0.3) is 0 Å². The maximum Gasteiger partial charge on any atom is 0.338 e. The highest BCUT2D eigenvalue weighted by Gasteiger charge is 2.25. The molecule has 104 valence electrons. The highest BCUT2D eigenvalue weighted by atomic mass is 32.2. The van der Waals surface area contributed by atoms with E-state index in [0.717, 1.165) is 25.0 Å². The molecule has 1 aliphatic carbocycles. The van der Waals surface area contributed by atoms with E-state index in [9.17, 15) is 17.6 Å². The molecule has 0 heterocycles. The largest absolute Gasteiger partial charge is 0.478 e. The third-order valence-electron chi connectivity index (χ3n) is 3.03. The van der Waals surface area contributed by atoms with E-state index in [4.69, 9.17) is 5.11 Å². The summed E-state index contributed by atoms with van der Waals surface area (Å²) in [6.45, 7) is 1.67. The molecule has 19 heavy (non-hydrogen) atoms. The zero-order chi connectivity index (χ0) is 14.2. The summed E-state index contributed by atoms with van der Waals surface area (Å²) in [4.78, 5) is 10.7. The number of hydrogen-bond acceptors (Lipinski definition) is 3. The van der Waals surface area contributed by atoms with E-state index in [1.807, 2.05) is 0 Å². The van der Waals surface area contributed by atoms with Crippen molar-refractivity contribution in [3.63, 3.8) is 0 Å². The van der Waals surface area contributed by atoms with Crippen LogP contribution in [0.5, 0.6) is 0 Å². The van der Waals surface area contributed by atoms with Crippen molar-refractivity contribution in [3.8, 4) is 0 Å². The Labute approximate surface area is 110 Å². The predicted molar refractivity (Wildman–Crippen MR) is 66.0 cm³/mol. The molecule has 0 saturated heterocycles. The number of benzene rings is 1. The maximum atomic E-state index is 13.5. The molecule has 2 N–H and O–H groups in total. The second-order valence-corrected chi connectivity index (χ2v) is 6.47. The molecule has 0 amide bonds. The Hall–Kier alpha value is -1.47. The van der Waals surface area contributed by atoms with E-state index in [0.29, 0.717) is 12.5 Å². The Morgan fingerprint density at radius 3 is 2.63 bits per heavy atom. The van der Waals surface area contributed by atoms with E-state index < -0.39 is 27.4 Å². The van der Waals surface area contributed by atoms with Crippen molar-refractivity contribution in [1.29, 1.82) is 0 Å². The lowest BCUT2D eigenvalue weighted by Crippen LogP contribution is -2.26. The lowest BCUT2D eigenvalue weighted by atomic mass is 10.1. The standard InChI is InChI=1S/C12H14FNO4S/c1-7-4-9(5-10(11(7)13)12(15)16)19(17,18)14-6-8-2-3-8/h4-5,8,14H,2-3,6H2,1H3,(H,15,16). The summed E-state index contributed by atoms with van der Waals surface area (Å²) in [6, 6.07) is 1.98. The number of aryl methyl sites for hydroxylation is 1. The maximum absolute atomic E-state index is 13.5. The normalized spacial score (nSPS) is 15.5. The number of aromatic carboxylic acids is 1. The Bertz CT molecular complexity index is 623. The highest BCUT2D eigenvalue weighted by Crippen LogP contribution is 2.28. The Morgan fingerprint density at radius 1 is 1.47 bits per heavy atom. The Balaban J connectivity index is 2.35. The third-order valence-corrected chi connectivity index (χ3v) is 4.43. The average Bonchev–Trinajstić information content (AvgIpc) is 3.13. The van der Waals surface area contributed by atoms with Crippen molar-refractivity contribution in [2.45, 2.75) is 24.7 Å². The average molecular weight is 287 g/mol.